The summed E-state index contributed by atoms with van der Waals surface area (Å²) in [5, 5.41) is 0. The second kappa shape index (κ2) is 5.32. The van der Waals surface area contributed by atoms with Gasteiger partial charge in [0.15, 0.2) is 9.04 Å². The molecule has 56 valence electrons. The second-order valence-electron chi connectivity index (χ2n) is 2.43. The van der Waals surface area contributed by atoms with Crippen LogP contribution in [0.2, 0.25) is 13.1 Å². The predicted octanol–water partition coefficient (Wildman–Crippen LogP) is 2.04. The van der Waals surface area contributed by atoms with Crippen LogP contribution in [0.25, 0.3) is 0 Å². The molecule has 0 bridgehead atoms. The molecule has 0 aliphatic carbocycles. The van der Waals surface area contributed by atoms with Crippen LogP contribution in [0, 0.1) is 0 Å². The van der Waals surface area contributed by atoms with Gasteiger partial charge in [-0.15, -0.1) is 12.6 Å². The van der Waals surface area contributed by atoms with Crippen LogP contribution in [-0.4, -0.2) is 14.5 Å². The lowest BCUT2D eigenvalue weighted by molar-refractivity contribution is 0.284. The van der Waals surface area contributed by atoms with E-state index in [0.717, 1.165) is 12.8 Å². The van der Waals surface area contributed by atoms with E-state index in [-0.39, 0.29) is 5.44 Å². The molecule has 9 heavy (non-hydrogen) atoms. The highest BCUT2D eigenvalue weighted by Gasteiger charge is 2.03. The van der Waals surface area contributed by atoms with Crippen LogP contribution in [0.4, 0.5) is 0 Å². The lowest BCUT2D eigenvalue weighted by Gasteiger charge is -2.13. The summed E-state index contributed by atoms with van der Waals surface area (Å²) in [7, 11) is -0.836. The molecule has 0 fully saturated rings. The number of hydrogen-bond donors (Lipinski definition) is 1. The number of thiol groups is 1. The van der Waals surface area contributed by atoms with E-state index in [2.05, 4.69) is 32.6 Å². The Labute approximate surface area is 64.9 Å². The van der Waals surface area contributed by atoms with Gasteiger partial charge in [0.25, 0.3) is 0 Å². The minimum atomic E-state index is -0.836. The third-order valence-corrected chi connectivity index (χ3v) is 2.45. The monoisotopic (exact) mass is 164 g/mol. The zero-order chi connectivity index (χ0) is 7.28. The fraction of sp³-hybridized carbons (Fsp3) is 1.00. The van der Waals surface area contributed by atoms with Crippen molar-refractivity contribution in [1.82, 2.24) is 0 Å². The first kappa shape index (κ1) is 9.53. The Morgan fingerprint density at radius 3 is 2.44 bits per heavy atom. The quantitative estimate of drug-likeness (QED) is 0.380. The summed E-state index contributed by atoms with van der Waals surface area (Å²) in [6.07, 6.45) is 2.24. The molecule has 0 aliphatic heterocycles. The molecule has 0 aromatic rings. The summed E-state index contributed by atoms with van der Waals surface area (Å²) in [5.74, 6) is 0. The molecule has 0 aromatic carbocycles. The molecule has 0 saturated heterocycles. The van der Waals surface area contributed by atoms with Gasteiger partial charge in [-0.2, -0.15) is 0 Å². The fourth-order valence-electron chi connectivity index (χ4n) is 0.629. The van der Waals surface area contributed by atoms with Gasteiger partial charge in [-0.25, -0.2) is 0 Å². The van der Waals surface area contributed by atoms with E-state index in [1.165, 1.54) is 0 Å². The van der Waals surface area contributed by atoms with Crippen LogP contribution in [-0.2, 0) is 4.43 Å². The molecule has 0 radical (unpaired) electrons. The summed E-state index contributed by atoms with van der Waals surface area (Å²) < 4.78 is 5.49. The van der Waals surface area contributed by atoms with E-state index in [1.807, 2.05) is 0 Å². The minimum absolute atomic E-state index is 0.196. The maximum absolute atomic E-state index is 5.49. The van der Waals surface area contributed by atoms with E-state index in [9.17, 15) is 0 Å². The summed E-state index contributed by atoms with van der Waals surface area (Å²) in [6.45, 7) is 6.48. The van der Waals surface area contributed by atoms with Gasteiger partial charge in [-0.05, 0) is 19.5 Å². The molecule has 0 heterocycles. The highest BCUT2D eigenvalue weighted by Crippen LogP contribution is 2.06. The van der Waals surface area contributed by atoms with Crippen molar-refractivity contribution < 1.29 is 4.43 Å². The normalized spacial score (nSPS) is 14.3. The van der Waals surface area contributed by atoms with E-state index < -0.39 is 9.04 Å². The van der Waals surface area contributed by atoms with Gasteiger partial charge in [-0.1, -0.05) is 13.3 Å². The summed E-state index contributed by atoms with van der Waals surface area (Å²) in [4.78, 5) is 0. The molecule has 0 amide bonds. The van der Waals surface area contributed by atoms with Crippen LogP contribution in [0.5, 0.6) is 0 Å². The van der Waals surface area contributed by atoms with E-state index in [1.54, 1.807) is 0 Å². The maximum atomic E-state index is 5.49. The number of rotatable bonds is 4. The molecule has 0 aromatic heterocycles. The van der Waals surface area contributed by atoms with Crippen LogP contribution in [0.1, 0.15) is 19.8 Å². The van der Waals surface area contributed by atoms with Crippen molar-refractivity contribution in [2.75, 3.05) is 0 Å². The molecule has 1 nitrogen and oxygen atoms in total. The molecule has 0 saturated carbocycles. The smallest absolute Gasteiger partial charge is 0.172 e. The summed E-state index contributed by atoms with van der Waals surface area (Å²) >= 11 is 4.26. The molecule has 0 rings (SSSR count). The lowest BCUT2D eigenvalue weighted by Crippen LogP contribution is -2.14. The molecule has 3 heteroatoms. The highest BCUT2D eigenvalue weighted by atomic mass is 32.1. The zero-order valence-corrected chi connectivity index (χ0v) is 8.47. The Kier molecular flexibility index (Phi) is 5.63. The van der Waals surface area contributed by atoms with Crippen molar-refractivity contribution in [2.24, 2.45) is 0 Å². The van der Waals surface area contributed by atoms with Crippen LogP contribution in [0.3, 0.4) is 0 Å². The third kappa shape index (κ3) is 6.41. The van der Waals surface area contributed by atoms with Crippen molar-refractivity contribution in [1.29, 1.82) is 0 Å². The zero-order valence-electron chi connectivity index (χ0n) is 6.42. The van der Waals surface area contributed by atoms with Crippen molar-refractivity contribution in [2.45, 2.75) is 38.3 Å². The molecular weight excluding hydrogens is 148 g/mol. The van der Waals surface area contributed by atoms with Gasteiger partial charge in [0.1, 0.15) is 0 Å². The Hall–Kier alpha value is 0.527. The lowest BCUT2D eigenvalue weighted by atomic mass is 10.4. The summed E-state index contributed by atoms with van der Waals surface area (Å²) in [5.41, 5.74) is 0.196. The Morgan fingerprint density at radius 1 is 1.56 bits per heavy atom. The van der Waals surface area contributed by atoms with Crippen molar-refractivity contribution in [3.63, 3.8) is 0 Å². The van der Waals surface area contributed by atoms with Crippen molar-refractivity contribution in [3.05, 3.63) is 0 Å². The highest BCUT2D eigenvalue weighted by molar-refractivity contribution is 7.80. The van der Waals surface area contributed by atoms with E-state index in [0.29, 0.717) is 0 Å². The van der Waals surface area contributed by atoms with Gasteiger partial charge in [0.05, 0.1) is 5.44 Å². The largest absolute Gasteiger partial charge is 0.409 e. The molecule has 1 atom stereocenters. The second-order valence-corrected chi connectivity index (χ2v) is 5.37. The Balaban J connectivity index is 3.15. The SMILES string of the molecule is CCCC(S)O[SiH](C)C. The molecular formula is C6H16OSSi. The molecule has 0 spiro atoms. The topological polar surface area (TPSA) is 9.23 Å². The Bertz CT molecular complexity index is 68.1. The first-order valence-electron chi connectivity index (χ1n) is 3.50. The van der Waals surface area contributed by atoms with Crippen LogP contribution < -0.4 is 0 Å². The van der Waals surface area contributed by atoms with Gasteiger partial charge >= 0.3 is 0 Å². The van der Waals surface area contributed by atoms with Gasteiger partial charge in [0.2, 0.25) is 0 Å². The van der Waals surface area contributed by atoms with Gasteiger partial charge in [-0.3, -0.25) is 0 Å². The Morgan fingerprint density at radius 2 is 2.11 bits per heavy atom. The third-order valence-electron chi connectivity index (χ3n) is 0.965. The maximum Gasteiger partial charge on any atom is 0.172 e. The minimum Gasteiger partial charge on any atom is -0.409 e. The van der Waals surface area contributed by atoms with E-state index in [4.69, 9.17) is 4.43 Å². The first-order chi connectivity index (χ1) is 4.16. The summed E-state index contributed by atoms with van der Waals surface area (Å²) in [6, 6.07) is 0. The van der Waals surface area contributed by atoms with Crippen LogP contribution in [0.15, 0.2) is 0 Å². The molecule has 0 aliphatic rings. The predicted molar refractivity (Wildman–Crippen MR) is 47.6 cm³/mol. The van der Waals surface area contributed by atoms with Gasteiger partial charge < -0.3 is 4.43 Å². The average molecular weight is 164 g/mol. The molecule has 1 unspecified atom stereocenters. The average Bonchev–Trinajstić information content (AvgIpc) is 1.63. The van der Waals surface area contributed by atoms with Crippen LogP contribution >= 0.6 is 12.6 Å². The first-order valence-corrected chi connectivity index (χ1v) is 6.80. The van der Waals surface area contributed by atoms with Crippen molar-refractivity contribution >= 4 is 21.7 Å². The fourth-order valence-corrected chi connectivity index (χ4v) is 2.38. The van der Waals surface area contributed by atoms with E-state index >= 15 is 0 Å². The standard InChI is InChI=1S/C6H16OSSi/c1-4-5-6(8)7-9(2)3/h6,8-9H,4-5H2,1-3H3. The van der Waals surface area contributed by atoms with Gasteiger partial charge in [0, 0.05) is 0 Å². The van der Waals surface area contributed by atoms with Crippen molar-refractivity contribution in [3.8, 4) is 0 Å². The number of hydrogen-bond acceptors (Lipinski definition) is 2. The molecule has 0 N–H and O–H groups in total.